The Balaban J connectivity index is 2.44. The standard InChI is InChI=1S/C14H10F3N3O/c15-14(16,17)10-5-8(7-18)1-4-13(10)21-9-2-3-11(19)12(20)6-9/h1-6H,19-20H2. The summed E-state index contributed by atoms with van der Waals surface area (Å²) >= 11 is 0. The number of nitrogens with zero attached hydrogens (tertiary/aromatic N) is 1. The van der Waals surface area contributed by atoms with Crippen molar-refractivity contribution in [3.8, 4) is 17.6 Å². The molecule has 0 aliphatic rings. The Morgan fingerprint density at radius 1 is 1.00 bits per heavy atom. The second kappa shape index (κ2) is 5.25. The Kier molecular flexibility index (Phi) is 3.63. The van der Waals surface area contributed by atoms with Crippen LogP contribution in [0, 0.1) is 11.3 Å². The molecular formula is C14H10F3N3O. The van der Waals surface area contributed by atoms with Crippen molar-refractivity contribution in [2.24, 2.45) is 0 Å². The maximum atomic E-state index is 13.0. The molecule has 0 heterocycles. The first kappa shape index (κ1) is 14.5. The highest BCUT2D eigenvalue weighted by Gasteiger charge is 2.35. The van der Waals surface area contributed by atoms with E-state index in [9.17, 15) is 13.2 Å². The Labute approximate surface area is 118 Å². The van der Waals surface area contributed by atoms with Gasteiger partial charge in [0.2, 0.25) is 0 Å². The SMILES string of the molecule is N#Cc1ccc(Oc2ccc(N)c(N)c2)c(C(F)(F)F)c1. The zero-order chi connectivity index (χ0) is 15.6. The van der Waals surface area contributed by atoms with Gasteiger partial charge >= 0.3 is 6.18 Å². The topological polar surface area (TPSA) is 85.1 Å². The van der Waals surface area contributed by atoms with Gasteiger partial charge in [0.05, 0.1) is 28.6 Å². The zero-order valence-corrected chi connectivity index (χ0v) is 10.6. The molecule has 0 saturated carbocycles. The maximum absolute atomic E-state index is 13.0. The predicted molar refractivity (Wildman–Crippen MR) is 71.5 cm³/mol. The molecule has 2 aromatic rings. The summed E-state index contributed by atoms with van der Waals surface area (Å²) in [6, 6.07) is 8.89. The third kappa shape index (κ3) is 3.17. The molecule has 0 aromatic heterocycles. The van der Waals surface area contributed by atoms with Gasteiger partial charge in [-0.25, -0.2) is 0 Å². The average Bonchev–Trinajstić information content (AvgIpc) is 2.42. The minimum absolute atomic E-state index is 0.105. The molecule has 21 heavy (non-hydrogen) atoms. The van der Waals surface area contributed by atoms with Gasteiger partial charge in [-0.3, -0.25) is 0 Å². The number of ether oxygens (including phenoxy) is 1. The molecule has 0 atom stereocenters. The third-order valence-electron chi connectivity index (χ3n) is 2.70. The number of benzene rings is 2. The first-order chi connectivity index (χ1) is 9.81. The van der Waals surface area contributed by atoms with Crippen molar-refractivity contribution in [3.63, 3.8) is 0 Å². The number of nitrogen functional groups attached to an aromatic ring is 2. The normalized spacial score (nSPS) is 11.0. The van der Waals surface area contributed by atoms with Crippen molar-refractivity contribution >= 4 is 11.4 Å². The van der Waals surface area contributed by atoms with Crippen LogP contribution < -0.4 is 16.2 Å². The van der Waals surface area contributed by atoms with Crippen molar-refractivity contribution in [1.82, 2.24) is 0 Å². The fourth-order valence-corrected chi connectivity index (χ4v) is 1.65. The Hall–Kier alpha value is -2.88. The lowest BCUT2D eigenvalue weighted by molar-refractivity contribution is -0.138. The molecule has 108 valence electrons. The predicted octanol–water partition coefficient (Wildman–Crippen LogP) is 3.53. The van der Waals surface area contributed by atoms with E-state index in [0.717, 1.165) is 12.1 Å². The quantitative estimate of drug-likeness (QED) is 0.829. The molecule has 0 spiro atoms. The van der Waals surface area contributed by atoms with Crippen molar-refractivity contribution in [1.29, 1.82) is 5.26 Å². The lowest BCUT2D eigenvalue weighted by Crippen LogP contribution is -2.07. The van der Waals surface area contributed by atoms with E-state index in [1.54, 1.807) is 6.07 Å². The molecule has 2 aromatic carbocycles. The second-order valence-electron chi connectivity index (χ2n) is 4.21. The number of nitriles is 1. The number of hydrogen-bond acceptors (Lipinski definition) is 4. The Morgan fingerprint density at radius 2 is 1.71 bits per heavy atom. The van der Waals surface area contributed by atoms with E-state index < -0.39 is 17.5 Å². The summed E-state index contributed by atoms with van der Waals surface area (Å²) in [5, 5.41) is 8.69. The maximum Gasteiger partial charge on any atom is 0.420 e. The summed E-state index contributed by atoms with van der Waals surface area (Å²) in [6.45, 7) is 0. The van der Waals surface area contributed by atoms with E-state index >= 15 is 0 Å². The van der Waals surface area contributed by atoms with Gasteiger partial charge in [-0.1, -0.05) is 0 Å². The van der Waals surface area contributed by atoms with Crippen LogP contribution in [0.5, 0.6) is 11.5 Å². The van der Waals surface area contributed by atoms with Crippen molar-refractivity contribution < 1.29 is 17.9 Å². The summed E-state index contributed by atoms with van der Waals surface area (Å²) in [5.74, 6) is -0.289. The minimum Gasteiger partial charge on any atom is -0.457 e. The van der Waals surface area contributed by atoms with Gasteiger partial charge in [-0.05, 0) is 30.3 Å². The molecule has 0 fully saturated rings. The van der Waals surface area contributed by atoms with E-state index in [4.69, 9.17) is 21.5 Å². The molecule has 0 aliphatic carbocycles. The van der Waals surface area contributed by atoms with E-state index in [-0.39, 0.29) is 17.0 Å². The van der Waals surface area contributed by atoms with E-state index in [0.29, 0.717) is 5.69 Å². The monoisotopic (exact) mass is 293 g/mol. The largest absolute Gasteiger partial charge is 0.457 e. The Morgan fingerprint density at radius 3 is 2.29 bits per heavy atom. The number of hydrogen-bond donors (Lipinski definition) is 2. The first-order valence-corrected chi connectivity index (χ1v) is 5.75. The molecule has 2 rings (SSSR count). The highest BCUT2D eigenvalue weighted by atomic mass is 19.4. The van der Waals surface area contributed by atoms with E-state index in [2.05, 4.69) is 0 Å². The second-order valence-corrected chi connectivity index (χ2v) is 4.21. The van der Waals surface area contributed by atoms with Gasteiger partial charge < -0.3 is 16.2 Å². The summed E-state index contributed by atoms with van der Waals surface area (Å²) in [5.41, 5.74) is 10.5. The van der Waals surface area contributed by atoms with Gasteiger partial charge in [-0.15, -0.1) is 0 Å². The summed E-state index contributed by atoms with van der Waals surface area (Å²) in [7, 11) is 0. The fourth-order valence-electron chi connectivity index (χ4n) is 1.65. The third-order valence-corrected chi connectivity index (χ3v) is 2.70. The molecule has 4 nitrogen and oxygen atoms in total. The van der Waals surface area contributed by atoms with Gasteiger partial charge in [-0.2, -0.15) is 18.4 Å². The van der Waals surface area contributed by atoms with Crippen molar-refractivity contribution in [2.75, 3.05) is 11.5 Å². The van der Waals surface area contributed by atoms with Crippen LogP contribution in [0.3, 0.4) is 0 Å². The van der Waals surface area contributed by atoms with Crippen LogP contribution in [0.15, 0.2) is 36.4 Å². The number of anilines is 2. The molecule has 0 aliphatic heterocycles. The van der Waals surface area contributed by atoms with Crippen LogP contribution in [0.2, 0.25) is 0 Å². The molecule has 0 bridgehead atoms. The van der Waals surface area contributed by atoms with Gasteiger partial charge in [0.1, 0.15) is 11.5 Å². The van der Waals surface area contributed by atoms with E-state index in [1.165, 1.54) is 24.3 Å². The summed E-state index contributed by atoms with van der Waals surface area (Å²) in [4.78, 5) is 0. The number of nitrogens with two attached hydrogens (primary N) is 2. The fraction of sp³-hybridized carbons (Fsp3) is 0.0714. The number of alkyl halides is 3. The van der Waals surface area contributed by atoms with Crippen LogP contribution in [0.25, 0.3) is 0 Å². The molecular weight excluding hydrogens is 283 g/mol. The van der Waals surface area contributed by atoms with Crippen molar-refractivity contribution in [2.45, 2.75) is 6.18 Å². The lowest BCUT2D eigenvalue weighted by Gasteiger charge is -2.14. The van der Waals surface area contributed by atoms with Gasteiger partial charge in [0.25, 0.3) is 0 Å². The van der Waals surface area contributed by atoms with Crippen LogP contribution in [-0.4, -0.2) is 0 Å². The molecule has 4 N–H and O–H groups in total. The molecule has 7 heteroatoms. The van der Waals surface area contributed by atoms with Gasteiger partial charge in [0.15, 0.2) is 0 Å². The van der Waals surface area contributed by atoms with Crippen LogP contribution in [0.4, 0.5) is 24.5 Å². The molecule has 0 radical (unpaired) electrons. The number of halogens is 3. The zero-order valence-electron chi connectivity index (χ0n) is 10.6. The van der Waals surface area contributed by atoms with Crippen LogP contribution in [0.1, 0.15) is 11.1 Å². The molecule has 0 unspecified atom stereocenters. The summed E-state index contributed by atoms with van der Waals surface area (Å²) < 4.78 is 44.1. The lowest BCUT2D eigenvalue weighted by atomic mass is 10.1. The average molecular weight is 293 g/mol. The molecule has 0 saturated heterocycles. The number of rotatable bonds is 2. The Bertz CT molecular complexity index is 720. The van der Waals surface area contributed by atoms with Crippen molar-refractivity contribution in [3.05, 3.63) is 47.5 Å². The smallest absolute Gasteiger partial charge is 0.420 e. The van der Waals surface area contributed by atoms with Gasteiger partial charge in [0, 0.05) is 6.07 Å². The first-order valence-electron chi connectivity index (χ1n) is 5.75. The highest BCUT2D eigenvalue weighted by Crippen LogP contribution is 2.39. The minimum atomic E-state index is -4.64. The highest BCUT2D eigenvalue weighted by molar-refractivity contribution is 5.65. The van der Waals surface area contributed by atoms with Crippen LogP contribution >= 0.6 is 0 Å². The van der Waals surface area contributed by atoms with Crippen LogP contribution in [-0.2, 0) is 6.18 Å². The molecule has 0 amide bonds. The summed E-state index contributed by atoms with van der Waals surface area (Å²) in [6.07, 6.45) is -4.64. The van der Waals surface area contributed by atoms with E-state index in [1.807, 2.05) is 0 Å².